The van der Waals surface area contributed by atoms with E-state index in [2.05, 4.69) is 10.3 Å². The van der Waals surface area contributed by atoms with Crippen LogP contribution in [0.5, 0.6) is 0 Å². The van der Waals surface area contributed by atoms with E-state index in [1.54, 1.807) is 30.1 Å². The first-order valence-corrected chi connectivity index (χ1v) is 10.5. The van der Waals surface area contributed by atoms with Gasteiger partial charge in [0.2, 0.25) is 5.91 Å². The quantitative estimate of drug-likeness (QED) is 0.781. The Morgan fingerprint density at radius 1 is 1.20 bits per heavy atom. The monoisotopic (exact) mass is 430 g/mol. The summed E-state index contributed by atoms with van der Waals surface area (Å²) in [5.74, 6) is 0.129. The van der Waals surface area contributed by atoms with Crippen LogP contribution < -0.4 is 5.32 Å². The van der Waals surface area contributed by atoms with Crippen LogP contribution in [0, 0.1) is 11.7 Å². The lowest BCUT2D eigenvalue weighted by molar-refractivity contribution is -0.133. The topological polar surface area (TPSA) is 65.5 Å². The van der Waals surface area contributed by atoms with E-state index in [1.165, 1.54) is 18.3 Å². The maximum atomic E-state index is 13.5. The molecule has 158 valence electrons. The second-order valence-electron chi connectivity index (χ2n) is 7.94. The highest BCUT2D eigenvalue weighted by molar-refractivity contribution is 6.33. The van der Waals surface area contributed by atoms with Gasteiger partial charge in [-0.3, -0.25) is 9.78 Å². The van der Waals surface area contributed by atoms with Gasteiger partial charge in [-0.15, -0.1) is 0 Å². The van der Waals surface area contributed by atoms with Crippen molar-refractivity contribution in [2.24, 2.45) is 5.92 Å². The number of aromatic nitrogens is 1. The molecule has 1 saturated heterocycles. The standard InChI is InChI=1S/C22H24ClFN4O2/c1-27(18-7-9-28(10-8-18)21(29)14-5-6-14)22(30)26-17-12-19(23)20(25-13-17)15-3-2-4-16(24)11-15/h2-4,11-14,18H,5-10H2,1H3,(H,26,30). The summed E-state index contributed by atoms with van der Waals surface area (Å²) < 4.78 is 13.5. The molecule has 2 aliphatic rings. The Labute approximate surface area is 180 Å². The minimum Gasteiger partial charge on any atom is -0.342 e. The van der Waals surface area contributed by atoms with E-state index in [9.17, 15) is 14.0 Å². The van der Waals surface area contributed by atoms with Crippen LogP contribution in [0.4, 0.5) is 14.9 Å². The molecule has 1 saturated carbocycles. The number of amides is 3. The van der Waals surface area contributed by atoms with Gasteiger partial charge in [-0.25, -0.2) is 9.18 Å². The zero-order valence-corrected chi connectivity index (χ0v) is 17.5. The summed E-state index contributed by atoms with van der Waals surface area (Å²) in [6.45, 7) is 1.38. The second kappa shape index (κ2) is 8.60. The molecule has 0 spiro atoms. The molecule has 6 nitrogen and oxygen atoms in total. The van der Waals surface area contributed by atoms with Gasteiger partial charge in [-0.2, -0.15) is 0 Å². The number of anilines is 1. The number of carbonyl (C=O) groups is 2. The van der Waals surface area contributed by atoms with E-state index >= 15 is 0 Å². The van der Waals surface area contributed by atoms with Gasteiger partial charge in [-0.1, -0.05) is 23.7 Å². The summed E-state index contributed by atoms with van der Waals surface area (Å²) in [6, 6.07) is 7.47. The predicted molar refractivity (Wildman–Crippen MR) is 114 cm³/mol. The predicted octanol–water partition coefficient (Wildman–Crippen LogP) is 4.41. The van der Waals surface area contributed by atoms with Crippen molar-refractivity contribution in [3.8, 4) is 11.3 Å². The van der Waals surface area contributed by atoms with Gasteiger partial charge in [-0.05, 0) is 43.9 Å². The molecule has 1 aromatic carbocycles. The molecule has 2 heterocycles. The lowest BCUT2D eigenvalue weighted by atomic mass is 10.0. The Morgan fingerprint density at radius 3 is 2.57 bits per heavy atom. The molecule has 2 aromatic rings. The van der Waals surface area contributed by atoms with Crippen molar-refractivity contribution in [3.63, 3.8) is 0 Å². The fourth-order valence-electron chi connectivity index (χ4n) is 3.79. The smallest absolute Gasteiger partial charge is 0.321 e. The molecule has 1 aliphatic heterocycles. The fourth-order valence-corrected chi connectivity index (χ4v) is 4.07. The molecule has 4 rings (SSSR count). The van der Waals surface area contributed by atoms with Gasteiger partial charge < -0.3 is 15.1 Å². The van der Waals surface area contributed by atoms with Gasteiger partial charge in [0.05, 0.1) is 22.6 Å². The molecule has 0 bridgehead atoms. The number of halogens is 2. The van der Waals surface area contributed by atoms with Crippen molar-refractivity contribution >= 4 is 29.2 Å². The molecule has 1 aromatic heterocycles. The third-order valence-electron chi connectivity index (χ3n) is 5.76. The Bertz CT molecular complexity index is 958. The van der Waals surface area contributed by atoms with Crippen LogP contribution in [0.25, 0.3) is 11.3 Å². The van der Waals surface area contributed by atoms with E-state index in [1.807, 2.05) is 4.90 Å². The molecule has 8 heteroatoms. The number of rotatable bonds is 4. The summed E-state index contributed by atoms with van der Waals surface area (Å²) in [7, 11) is 1.76. The van der Waals surface area contributed by atoms with E-state index in [4.69, 9.17) is 11.6 Å². The SMILES string of the molecule is CN(C(=O)Nc1cnc(-c2cccc(F)c2)c(Cl)c1)C1CCN(C(=O)C2CC2)CC1. The molecule has 3 amide bonds. The van der Waals surface area contributed by atoms with Crippen LogP contribution in [-0.4, -0.2) is 52.9 Å². The van der Waals surface area contributed by atoms with Crippen LogP contribution in [0.15, 0.2) is 36.5 Å². The first-order valence-electron chi connectivity index (χ1n) is 10.2. The van der Waals surface area contributed by atoms with Gasteiger partial charge in [0.1, 0.15) is 5.82 Å². The minimum atomic E-state index is -0.366. The van der Waals surface area contributed by atoms with Crippen LogP contribution in [0.2, 0.25) is 5.02 Å². The first-order chi connectivity index (χ1) is 14.4. The van der Waals surface area contributed by atoms with E-state index in [0.717, 1.165) is 25.7 Å². The van der Waals surface area contributed by atoms with Crippen molar-refractivity contribution in [1.29, 1.82) is 0 Å². The summed E-state index contributed by atoms with van der Waals surface area (Å²) in [4.78, 5) is 32.7. The van der Waals surface area contributed by atoms with E-state index in [0.29, 0.717) is 35.1 Å². The highest BCUT2D eigenvalue weighted by atomic mass is 35.5. The molecule has 1 N–H and O–H groups in total. The van der Waals surface area contributed by atoms with Crippen LogP contribution in [-0.2, 0) is 4.79 Å². The van der Waals surface area contributed by atoms with Crippen molar-refractivity contribution in [2.45, 2.75) is 31.7 Å². The zero-order chi connectivity index (χ0) is 21.3. The van der Waals surface area contributed by atoms with E-state index in [-0.39, 0.29) is 29.7 Å². The minimum absolute atomic E-state index is 0.0725. The second-order valence-corrected chi connectivity index (χ2v) is 8.34. The Kier molecular flexibility index (Phi) is 5.90. The number of hydrogen-bond donors (Lipinski definition) is 1. The van der Waals surface area contributed by atoms with E-state index < -0.39 is 0 Å². The number of pyridine rings is 1. The van der Waals surface area contributed by atoms with Crippen LogP contribution >= 0.6 is 11.6 Å². The normalized spacial score (nSPS) is 17.0. The molecule has 2 fully saturated rings. The Hall–Kier alpha value is -2.67. The highest BCUT2D eigenvalue weighted by Crippen LogP contribution is 2.32. The number of hydrogen-bond acceptors (Lipinski definition) is 3. The first kappa shape index (κ1) is 20.6. The van der Waals surface area contributed by atoms with Crippen LogP contribution in [0.1, 0.15) is 25.7 Å². The third kappa shape index (κ3) is 4.56. The Balaban J connectivity index is 1.35. The van der Waals surface area contributed by atoms with Gasteiger partial charge in [0, 0.05) is 37.7 Å². The molecule has 0 atom stereocenters. The van der Waals surface area contributed by atoms with Crippen molar-refractivity contribution < 1.29 is 14.0 Å². The lowest BCUT2D eigenvalue weighted by Gasteiger charge is -2.36. The van der Waals surface area contributed by atoms with Gasteiger partial charge >= 0.3 is 6.03 Å². The number of benzene rings is 1. The summed E-state index contributed by atoms with van der Waals surface area (Å²) in [5.41, 5.74) is 1.50. The summed E-state index contributed by atoms with van der Waals surface area (Å²) in [6.07, 6.45) is 5.06. The number of nitrogens with one attached hydrogen (secondary N) is 1. The zero-order valence-electron chi connectivity index (χ0n) is 16.8. The molecule has 1 aliphatic carbocycles. The maximum Gasteiger partial charge on any atom is 0.321 e. The molecule has 30 heavy (non-hydrogen) atoms. The average molecular weight is 431 g/mol. The van der Waals surface area contributed by atoms with Crippen molar-refractivity contribution in [3.05, 3.63) is 47.4 Å². The number of carbonyl (C=O) groups excluding carboxylic acids is 2. The van der Waals surface area contributed by atoms with Gasteiger partial charge in [0.15, 0.2) is 0 Å². The third-order valence-corrected chi connectivity index (χ3v) is 6.05. The molecular weight excluding hydrogens is 407 g/mol. The Morgan fingerprint density at radius 2 is 1.93 bits per heavy atom. The number of urea groups is 1. The van der Waals surface area contributed by atoms with Crippen molar-refractivity contribution in [1.82, 2.24) is 14.8 Å². The summed E-state index contributed by atoms with van der Waals surface area (Å²) >= 11 is 6.32. The fraction of sp³-hybridized carbons (Fsp3) is 0.409. The number of nitrogens with zero attached hydrogens (tertiary/aromatic N) is 3. The number of likely N-dealkylation sites (tertiary alicyclic amines) is 1. The highest BCUT2D eigenvalue weighted by Gasteiger charge is 2.35. The van der Waals surface area contributed by atoms with Crippen molar-refractivity contribution in [2.75, 3.05) is 25.5 Å². The largest absolute Gasteiger partial charge is 0.342 e. The maximum absolute atomic E-state index is 13.5. The van der Waals surface area contributed by atoms with Crippen LogP contribution in [0.3, 0.4) is 0 Å². The molecule has 0 radical (unpaired) electrons. The lowest BCUT2D eigenvalue weighted by Crippen LogP contribution is -2.48. The summed E-state index contributed by atoms with van der Waals surface area (Å²) in [5, 5.41) is 3.14. The molecular formula is C22H24ClFN4O2. The van der Waals surface area contributed by atoms with Gasteiger partial charge in [0.25, 0.3) is 0 Å². The average Bonchev–Trinajstić information content (AvgIpc) is 3.58. The molecule has 0 unspecified atom stereocenters. The number of piperidine rings is 1.